The largest absolute Gasteiger partial charge is 0.494 e. The number of ether oxygens (including phenoxy) is 1. The monoisotopic (exact) mass is 332 g/mol. The summed E-state index contributed by atoms with van der Waals surface area (Å²) in [6, 6.07) is 10.0. The Hall–Kier alpha value is -2.80. The van der Waals surface area contributed by atoms with E-state index in [2.05, 4.69) is 10.6 Å². The van der Waals surface area contributed by atoms with Gasteiger partial charge in [0, 0.05) is 12.2 Å². The molecule has 2 amide bonds. The number of anilines is 1. The van der Waals surface area contributed by atoms with Crippen LogP contribution in [0.15, 0.2) is 47.1 Å². The molecule has 0 spiro atoms. The van der Waals surface area contributed by atoms with E-state index >= 15 is 0 Å². The average molecular weight is 332 g/mol. The molecule has 24 heavy (non-hydrogen) atoms. The molecule has 0 aliphatic rings. The third-order valence-corrected chi connectivity index (χ3v) is 3.20. The lowest BCUT2D eigenvalue weighted by atomic mass is 10.2. The van der Waals surface area contributed by atoms with Crippen LogP contribution < -0.4 is 15.4 Å². The van der Waals surface area contributed by atoms with Crippen LogP contribution in [0.25, 0.3) is 0 Å². The Kier molecular flexibility index (Phi) is 6.39. The van der Waals surface area contributed by atoms with Gasteiger partial charge >= 0.3 is 11.8 Å². The fourth-order valence-corrected chi connectivity index (χ4v) is 2.01. The lowest BCUT2D eigenvalue weighted by Gasteiger charge is -2.09. The number of aliphatic hydroxyl groups is 1. The number of rotatable bonds is 7. The van der Waals surface area contributed by atoms with E-state index in [1.165, 1.54) is 6.26 Å². The predicted octanol–water partition coefficient (Wildman–Crippen LogP) is 1.86. The van der Waals surface area contributed by atoms with Crippen LogP contribution in [0.5, 0.6) is 5.75 Å². The first kappa shape index (κ1) is 17.6. The van der Waals surface area contributed by atoms with Gasteiger partial charge in [0.15, 0.2) is 0 Å². The summed E-state index contributed by atoms with van der Waals surface area (Å²) in [6.07, 6.45) is 0.881. The highest BCUT2D eigenvalue weighted by atomic mass is 16.5. The smallest absolute Gasteiger partial charge is 0.313 e. The molecule has 0 aliphatic carbocycles. The molecule has 3 N–H and O–H groups in total. The summed E-state index contributed by atoms with van der Waals surface area (Å²) >= 11 is 0. The second-order valence-corrected chi connectivity index (χ2v) is 4.99. The first-order chi connectivity index (χ1) is 11.6. The summed E-state index contributed by atoms with van der Waals surface area (Å²) in [6.45, 7) is 2.58. The zero-order valence-electron chi connectivity index (χ0n) is 13.3. The first-order valence-corrected chi connectivity index (χ1v) is 7.63. The van der Waals surface area contributed by atoms with E-state index in [0.29, 0.717) is 23.8 Å². The first-order valence-electron chi connectivity index (χ1n) is 7.63. The number of nitrogens with one attached hydrogen (secondary N) is 2. The number of carbonyl (C=O) groups is 2. The Balaban J connectivity index is 1.74. The molecular formula is C17H20N2O5. The van der Waals surface area contributed by atoms with Gasteiger partial charge in [-0.2, -0.15) is 0 Å². The molecule has 1 atom stereocenters. The van der Waals surface area contributed by atoms with Crippen LogP contribution in [0.1, 0.15) is 25.2 Å². The van der Waals surface area contributed by atoms with E-state index in [9.17, 15) is 14.7 Å². The lowest BCUT2D eigenvalue weighted by Crippen LogP contribution is -2.36. The summed E-state index contributed by atoms with van der Waals surface area (Å²) in [5.74, 6) is -0.433. The Morgan fingerprint density at radius 2 is 1.96 bits per heavy atom. The van der Waals surface area contributed by atoms with E-state index in [0.717, 1.165) is 0 Å². The quantitative estimate of drug-likeness (QED) is 0.672. The summed E-state index contributed by atoms with van der Waals surface area (Å²) in [5.41, 5.74) is 0.495. The van der Waals surface area contributed by atoms with Crippen LogP contribution in [-0.4, -0.2) is 30.1 Å². The SMILES string of the molecule is CCOc1ccc(NC(=O)C(=O)NCCC(O)c2ccco2)cc1. The van der Waals surface area contributed by atoms with Gasteiger partial charge in [-0.25, -0.2) is 0 Å². The molecule has 0 bridgehead atoms. The molecule has 1 unspecified atom stereocenters. The standard InChI is InChI=1S/C17H20N2O5/c1-2-23-13-7-5-12(6-8-13)19-17(22)16(21)18-10-9-14(20)15-4-3-11-24-15/h3-8,11,14,20H,2,9-10H2,1H3,(H,18,21)(H,19,22). The van der Waals surface area contributed by atoms with Gasteiger partial charge in [0.2, 0.25) is 0 Å². The fraction of sp³-hybridized carbons (Fsp3) is 0.294. The molecule has 1 heterocycles. The van der Waals surface area contributed by atoms with Gasteiger partial charge in [-0.1, -0.05) is 0 Å². The van der Waals surface area contributed by atoms with Gasteiger partial charge in [-0.05, 0) is 49.7 Å². The Morgan fingerprint density at radius 1 is 1.21 bits per heavy atom. The van der Waals surface area contributed by atoms with Gasteiger partial charge in [-0.3, -0.25) is 9.59 Å². The Labute approximate surface area is 139 Å². The van der Waals surface area contributed by atoms with Crippen molar-refractivity contribution in [2.75, 3.05) is 18.5 Å². The van der Waals surface area contributed by atoms with Crippen LogP contribution in [0.2, 0.25) is 0 Å². The molecule has 0 saturated heterocycles. The molecule has 0 radical (unpaired) electrons. The predicted molar refractivity (Wildman–Crippen MR) is 87.5 cm³/mol. The van der Waals surface area contributed by atoms with Crippen molar-refractivity contribution < 1.29 is 23.8 Å². The van der Waals surface area contributed by atoms with E-state index < -0.39 is 17.9 Å². The molecule has 7 heteroatoms. The minimum atomic E-state index is -0.825. The number of hydrogen-bond donors (Lipinski definition) is 3. The molecule has 2 aromatic rings. The van der Waals surface area contributed by atoms with Crippen LogP contribution in [0.4, 0.5) is 5.69 Å². The molecule has 0 fully saturated rings. The average Bonchev–Trinajstić information content (AvgIpc) is 3.11. The van der Waals surface area contributed by atoms with Crippen molar-refractivity contribution in [1.82, 2.24) is 5.32 Å². The molecule has 2 rings (SSSR count). The van der Waals surface area contributed by atoms with Crippen LogP contribution in [-0.2, 0) is 9.59 Å². The van der Waals surface area contributed by atoms with Crippen LogP contribution in [0.3, 0.4) is 0 Å². The van der Waals surface area contributed by atoms with Gasteiger partial charge in [-0.15, -0.1) is 0 Å². The third-order valence-electron chi connectivity index (χ3n) is 3.20. The molecule has 0 aliphatic heterocycles. The van der Waals surface area contributed by atoms with Crippen molar-refractivity contribution in [1.29, 1.82) is 0 Å². The molecule has 1 aromatic heterocycles. The van der Waals surface area contributed by atoms with Gasteiger partial charge in [0.1, 0.15) is 17.6 Å². The minimum absolute atomic E-state index is 0.150. The molecule has 128 valence electrons. The molecule has 7 nitrogen and oxygen atoms in total. The third kappa shape index (κ3) is 5.13. The zero-order chi connectivity index (χ0) is 17.4. The van der Waals surface area contributed by atoms with E-state index in [-0.39, 0.29) is 13.0 Å². The Bertz CT molecular complexity index is 652. The van der Waals surface area contributed by atoms with Crippen molar-refractivity contribution in [2.24, 2.45) is 0 Å². The van der Waals surface area contributed by atoms with Crippen molar-refractivity contribution in [2.45, 2.75) is 19.4 Å². The lowest BCUT2D eigenvalue weighted by molar-refractivity contribution is -0.136. The number of hydrogen-bond acceptors (Lipinski definition) is 5. The van der Waals surface area contributed by atoms with Gasteiger partial charge in [0.05, 0.1) is 12.9 Å². The van der Waals surface area contributed by atoms with Crippen molar-refractivity contribution >= 4 is 17.5 Å². The second-order valence-electron chi connectivity index (χ2n) is 4.99. The number of carbonyl (C=O) groups excluding carboxylic acids is 2. The maximum atomic E-state index is 11.8. The number of aliphatic hydroxyl groups excluding tert-OH is 1. The van der Waals surface area contributed by atoms with Gasteiger partial charge in [0.25, 0.3) is 0 Å². The van der Waals surface area contributed by atoms with Gasteiger partial charge < -0.3 is 24.9 Å². The van der Waals surface area contributed by atoms with E-state index in [1.807, 2.05) is 6.92 Å². The van der Waals surface area contributed by atoms with Crippen molar-refractivity contribution in [3.63, 3.8) is 0 Å². The molecule has 1 aromatic carbocycles. The highest BCUT2D eigenvalue weighted by Crippen LogP contribution is 2.16. The van der Waals surface area contributed by atoms with E-state index in [4.69, 9.17) is 9.15 Å². The zero-order valence-corrected chi connectivity index (χ0v) is 13.3. The Morgan fingerprint density at radius 3 is 2.58 bits per heavy atom. The minimum Gasteiger partial charge on any atom is -0.494 e. The topological polar surface area (TPSA) is 101 Å². The summed E-state index contributed by atoms with van der Waals surface area (Å²) < 4.78 is 10.4. The van der Waals surface area contributed by atoms with E-state index in [1.54, 1.807) is 36.4 Å². The number of amides is 2. The maximum Gasteiger partial charge on any atom is 0.313 e. The van der Waals surface area contributed by atoms with Crippen LogP contribution in [0, 0.1) is 0 Å². The van der Waals surface area contributed by atoms with Crippen molar-refractivity contribution in [3.05, 3.63) is 48.4 Å². The summed E-state index contributed by atoms with van der Waals surface area (Å²) in [5, 5.41) is 14.7. The summed E-state index contributed by atoms with van der Waals surface area (Å²) in [4.78, 5) is 23.5. The normalized spacial score (nSPS) is 11.6. The number of benzene rings is 1. The van der Waals surface area contributed by atoms with Crippen molar-refractivity contribution in [3.8, 4) is 5.75 Å². The summed E-state index contributed by atoms with van der Waals surface area (Å²) in [7, 11) is 0. The number of furan rings is 1. The highest BCUT2D eigenvalue weighted by molar-refractivity contribution is 6.39. The molecule has 0 saturated carbocycles. The maximum absolute atomic E-state index is 11.8. The second kappa shape index (κ2) is 8.73. The fourth-order valence-electron chi connectivity index (χ4n) is 2.01. The molecular weight excluding hydrogens is 312 g/mol. The highest BCUT2D eigenvalue weighted by Gasteiger charge is 2.15. The van der Waals surface area contributed by atoms with Crippen LogP contribution >= 0.6 is 0 Å².